The summed E-state index contributed by atoms with van der Waals surface area (Å²) in [6.45, 7) is 1.88. The number of aliphatic hydroxyl groups is 2. The number of aliphatic hydroxyl groups excluding tert-OH is 2. The van der Waals surface area contributed by atoms with Gasteiger partial charge < -0.3 is 10.2 Å². The number of halogens is 2. The average molecular weight is 294 g/mol. The smallest absolute Gasteiger partial charge is 0.105 e. The van der Waals surface area contributed by atoms with Crippen molar-refractivity contribution in [1.82, 2.24) is 0 Å². The molecule has 0 aromatic heterocycles. The van der Waals surface area contributed by atoms with Gasteiger partial charge in [-0.3, -0.25) is 0 Å². The van der Waals surface area contributed by atoms with E-state index in [1.165, 1.54) is 0 Å². The molecule has 0 radical (unpaired) electrons. The Morgan fingerprint density at radius 2 is 2.07 bits per heavy atom. The molecule has 0 bridgehead atoms. The Labute approximate surface area is 103 Å². The minimum Gasteiger partial charge on any atom is -0.390 e. The summed E-state index contributed by atoms with van der Waals surface area (Å²) in [4.78, 5) is 0. The van der Waals surface area contributed by atoms with E-state index in [1.807, 2.05) is 13.0 Å². The van der Waals surface area contributed by atoms with Crippen molar-refractivity contribution < 1.29 is 10.2 Å². The van der Waals surface area contributed by atoms with Crippen LogP contribution in [0.1, 0.15) is 23.7 Å². The van der Waals surface area contributed by atoms with Crippen molar-refractivity contribution in [2.45, 2.75) is 25.6 Å². The molecule has 84 valence electrons. The number of benzene rings is 1. The number of hydrogen-bond acceptors (Lipinski definition) is 2. The molecule has 0 heterocycles. The third kappa shape index (κ3) is 3.45. The van der Waals surface area contributed by atoms with Gasteiger partial charge in [-0.1, -0.05) is 33.6 Å². The summed E-state index contributed by atoms with van der Waals surface area (Å²) < 4.78 is 0. The zero-order chi connectivity index (χ0) is 11.4. The molecule has 0 saturated carbocycles. The molecule has 1 rings (SSSR count). The van der Waals surface area contributed by atoms with E-state index in [1.54, 1.807) is 12.1 Å². The first-order valence-corrected chi connectivity index (χ1v) is 6.24. The Morgan fingerprint density at radius 1 is 1.40 bits per heavy atom. The summed E-state index contributed by atoms with van der Waals surface area (Å²) in [5, 5.41) is 20.8. The van der Waals surface area contributed by atoms with Crippen LogP contribution < -0.4 is 0 Å². The Hall–Kier alpha value is -0.0900. The van der Waals surface area contributed by atoms with Crippen molar-refractivity contribution in [1.29, 1.82) is 0 Å². The van der Waals surface area contributed by atoms with E-state index in [0.29, 0.717) is 22.3 Å². The third-order valence-corrected chi connectivity index (χ3v) is 3.02. The lowest BCUT2D eigenvalue weighted by Gasteiger charge is -2.19. The Bertz CT molecular complexity index is 330. The van der Waals surface area contributed by atoms with Gasteiger partial charge in [-0.2, -0.15) is 0 Å². The SMILES string of the molecule is Cc1ccc(Cl)cc1C(O)C(O)CCBr. The predicted molar refractivity (Wildman–Crippen MR) is 65.6 cm³/mol. The molecule has 2 unspecified atom stereocenters. The van der Waals surface area contributed by atoms with Crippen LogP contribution in [-0.2, 0) is 0 Å². The topological polar surface area (TPSA) is 40.5 Å². The molecule has 1 aromatic rings. The molecule has 4 heteroatoms. The van der Waals surface area contributed by atoms with E-state index >= 15 is 0 Å². The fourth-order valence-electron chi connectivity index (χ4n) is 1.41. The van der Waals surface area contributed by atoms with Crippen LogP contribution in [0.4, 0.5) is 0 Å². The maximum atomic E-state index is 9.90. The summed E-state index contributed by atoms with van der Waals surface area (Å²) in [5.41, 5.74) is 1.62. The van der Waals surface area contributed by atoms with Gasteiger partial charge in [0, 0.05) is 10.4 Å². The van der Waals surface area contributed by atoms with Crippen molar-refractivity contribution in [2.75, 3.05) is 5.33 Å². The highest BCUT2D eigenvalue weighted by Gasteiger charge is 2.19. The van der Waals surface area contributed by atoms with Crippen molar-refractivity contribution in [2.24, 2.45) is 0 Å². The van der Waals surface area contributed by atoms with Crippen molar-refractivity contribution in [3.8, 4) is 0 Å². The van der Waals surface area contributed by atoms with E-state index in [0.717, 1.165) is 5.56 Å². The predicted octanol–water partition coefficient (Wildman–Crippen LogP) is 2.83. The van der Waals surface area contributed by atoms with Crippen LogP contribution in [0.25, 0.3) is 0 Å². The molecule has 0 aliphatic heterocycles. The number of rotatable bonds is 4. The fourth-order valence-corrected chi connectivity index (χ4v) is 2.06. The summed E-state index contributed by atoms with van der Waals surface area (Å²) in [6.07, 6.45) is -1.13. The summed E-state index contributed by atoms with van der Waals surface area (Å²) in [7, 11) is 0. The van der Waals surface area contributed by atoms with E-state index in [2.05, 4.69) is 15.9 Å². The normalized spacial score (nSPS) is 15.0. The summed E-state index contributed by atoms with van der Waals surface area (Å²) in [5.74, 6) is 0. The summed E-state index contributed by atoms with van der Waals surface area (Å²) in [6, 6.07) is 5.30. The highest BCUT2D eigenvalue weighted by molar-refractivity contribution is 9.09. The van der Waals surface area contributed by atoms with Gasteiger partial charge in [0.25, 0.3) is 0 Å². The van der Waals surface area contributed by atoms with Gasteiger partial charge in [-0.05, 0) is 36.6 Å². The lowest BCUT2D eigenvalue weighted by molar-refractivity contribution is 0.0170. The average Bonchev–Trinajstić information content (AvgIpc) is 2.21. The second kappa shape index (κ2) is 5.85. The maximum absolute atomic E-state index is 9.90. The van der Waals surface area contributed by atoms with Crippen LogP contribution in [0.3, 0.4) is 0 Å². The molecule has 2 N–H and O–H groups in total. The molecular formula is C11H14BrClO2. The molecule has 0 aliphatic rings. The number of hydrogen-bond donors (Lipinski definition) is 2. The first-order chi connectivity index (χ1) is 7.06. The second-order valence-electron chi connectivity index (χ2n) is 3.49. The molecular weight excluding hydrogens is 279 g/mol. The standard InChI is InChI=1S/C11H14BrClO2/c1-7-2-3-8(13)6-9(7)11(15)10(14)4-5-12/h2-3,6,10-11,14-15H,4-5H2,1H3. The highest BCUT2D eigenvalue weighted by atomic mass is 79.9. The number of aryl methyl sites for hydroxylation is 1. The van der Waals surface area contributed by atoms with Gasteiger partial charge in [0.1, 0.15) is 6.10 Å². The third-order valence-electron chi connectivity index (χ3n) is 2.33. The Kier molecular flexibility index (Phi) is 5.06. The van der Waals surface area contributed by atoms with Crippen LogP contribution >= 0.6 is 27.5 Å². The van der Waals surface area contributed by atoms with Gasteiger partial charge in [-0.15, -0.1) is 0 Å². The van der Waals surface area contributed by atoms with E-state index < -0.39 is 12.2 Å². The van der Waals surface area contributed by atoms with E-state index in [4.69, 9.17) is 11.6 Å². The molecule has 2 atom stereocenters. The lowest BCUT2D eigenvalue weighted by atomic mass is 9.98. The maximum Gasteiger partial charge on any atom is 0.105 e. The molecule has 0 aliphatic carbocycles. The zero-order valence-corrected chi connectivity index (χ0v) is 10.8. The van der Waals surface area contributed by atoms with Crippen molar-refractivity contribution in [3.05, 3.63) is 34.3 Å². The monoisotopic (exact) mass is 292 g/mol. The van der Waals surface area contributed by atoms with Crippen molar-refractivity contribution >= 4 is 27.5 Å². The Morgan fingerprint density at radius 3 is 2.67 bits per heavy atom. The molecule has 15 heavy (non-hydrogen) atoms. The van der Waals surface area contributed by atoms with Gasteiger partial charge in [-0.25, -0.2) is 0 Å². The molecule has 0 amide bonds. The second-order valence-corrected chi connectivity index (χ2v) is 4.72. The quantitative estimate of drug-likeness (QED) is 0.838. The lowest BCUT2D eigenvalue weighted by Crippen LogP contribution is -2.19. The first-order valence-electron chi connectivity index (χ1n) is 4.74. The molecule has 1 aromatic carbocycles. The van der Waals surface area contributed by atoms with Crippen LogP contribution in [0, 0.1) is 6.92 Å². The van der Waals surface area contributed by atoms with Gasteiger partial charge in [0.05, 0.1) is 6.10 Å². The minimum absolute atomic E-state index is 0.507. The van der Waals surface area contributed by atoms with Crippen LogP contribution in [0.15, 0.2) is 18.2 Å². The molecule has 0 fully saturated rings. The fraction of sp³-hybridized carbons (Fsp3) is 0.455. The molecule has 0 spiro atoms. The largest absolute Gasteiger partial charge is 0.390 e. The zero-order valence-electron chi connectivity index (χ0n) is 8.45. The van der Waals surface area contributed by atoms with Crippen molar-refractivity contribution in [3.63, 3.8) is 0 Å². The highest BCUT2D eigenvalue weighted by Crippen LogP contribution is 2.25. The van der Waals surface area contributed by atoms with E-state index in [9.17, 15) is 10.2 Å². The van der Waals surface area contributed by atoms with E-state index in [-0.39, 0.29) is 0 Å². The van der Waals surface area contributed by atoms with Crippen LogP contribution in [0.2, 0.25) is 5.02 Å². The first kappa shape index (κ1) is 13.0. The van der Waals surface area contributed by atoms with Crippen LogP contribution in [0.5, 0.6) is 0 Å². The van der Waals surface area contributed by atoms with Gasteiger partial charge in [0.15, 0.2) is 0 Å². The Balaban J connectivity index is 2.89. The minimum atomic E-state index is -0.874. The molecule has 2 nitrogen and oxygen atoms in total. The summed E-state index contributed by atoms with van der Waals surface area (Å²) >= 11 is 9.07. The van der Waals surface area contributed by atoms with Gasteiger partial charge in [0.2, 0.25) is 0 Å². The number of alkyl halides is 1. The molecule has 0 saturated heterocycles. The van der Waals surface area contributed by atoms with Gasteiger partial charge >= 0.3 is 0 Å². The van der Waals surface area contributed by atoms with Crippen LogP contribution in [-0.4, -0.2) is 21.6 Å².